The fourth-order valence-corrected chi connectivity index (χ4v) is 3.83. The predicted molar refractivity (Wildman–Crippen MR) is 107 cm³/mol. The van der Waals surface area contributed by atoms with E-state index in [4.69, 9.17) is 12.2 Å². The first-order valence-electron chi connectivity index (χ1n) is 8.66. The molecule has 5 heteroatoms. The van der Waals surface area contributed by atoms with Crippen LogP contribution in [0, 0.1) is 12.7 Å². The number of aryl methyl sites for hydroxylation is 1. The van der Waals surface area contributed by atoms with Gasteiger partial charge in [0, 0.05) is 30.7 Å². The second kappa shape index (κ2) is 6.92. The molecule has 1 N–H and O–H groups in total. The van der Waals surface area contributed by atoms with E-state index in [1.54, 1.807) is 0 Å². The van der Waals surface area contributed by atoms with Gasteiger partial charge in [0.2, 0.25) is 0 Å². The van der Waals surface area contributed by atoms with E-state index in [0.29, 0.717) is 5.11 Å². The minimum Gasteiger partial charge on any atom is -0.348 e. The first kappa shape index (κ1) is 16.8. The van der Waals surface area contributed by atoms with E-state index in [1.165, 1.54) is 17.7 Å². The van der Waals surface area contributed by atoms with Crippen LogP contribution >= 0.6 is 12.2 Å². The van der Waals surface area contributed by atoms with Crippen LogP contribution in [0.4, 0.5) is 10.1 Å². The number of aromatic nitrogens is 1. The lowest BCUT2D eigenvalue weighted by Gasteiger charge is -2.39. The first-order chi connectivity index (χ1) is 12.6. The lowest BCUT2D eigenvalue weighted by molar-refractivity contribution is 0.293. The van der Waals surface area contributed by atoms with E-state index >= 15 is 0 Å². The largest absolute Gasteiger partial charge is 0.348 e. The van der Waals surface area contributed by atoms with Crippen LogP contribution in [0.1, 0.15) is 22.9 Å². The maximum absolute atomic E-state index is 13.4. The maximum Gasteiger partial charge on any atom is 0.174 e. The summed E-state index contributed by atoms with van der Waals surface area (Å²) < 4.78 is 15.6. The highest BCUT2D eigenvalue weighted by Crippen LogP contribution is 2.33. The molecule has 0 aliphatic carbocycles. The highest BCUT2D eigenvalue weighted by Gasteiger charge is 2.30. The van der Waals surface area contributed by atoms with E-state index in [9.17, 15) is 4.39 Å². The Bertz CT molecular complexity index is 932. The van der Waals surface area contributed by atoms with Gasteiger partial charge in [0.15, 0.2) is 5.11 Å². The molecule has 3 nitrogen and oxygen atoms in total. The number of hydrogen-bond donors (Lipinski definition) is 1. The molecular weight excluding hydrogens is 345 g/mol. The van der Waals surface area contributed by atoms with Gasteiger partial charge in [0.05, 0.1) is 6.04 Å². The van der Waals surface area contributed by atoms with Crippen LogP contribution in [-0.4, -0.2) is 21.1 Å². The topological polar surface area (TPSA) is 20.2 Å². The Morgan fingerprint density at radius 3 is 2.65 bits per heavy atom. The molecule has 4 rings (SSSR count). The van der Waals surface area contributed by atoms with Crippen LogP contribution in [0.25, 0.3) is 0 Å². The molecule has 2 heterocycles. The standard InChI is InChI=1S/C21H20FN3S/c1-15-4-2-5-18(14-15)23-21(26)25-13-12-24-11-3-6-19(24)20(25)16-7-9-17(22)10-8-16/h2-11,14,20H,12-13H2,1H3,(H,23,26)/t20-/m1/s1. The van der Waals surface area contributed by atoms with E-state index in [2.05, 4.69) is 46.1 Å². The van der Waals surface area contributed by atoms with Crippen LogP contribution in [0.15, 0.2) is 66.9 Å². The molecule has 0 amide bonds. The highest BCUT2D eigenvalue weighted by molar-refractivity contribution is 7.80. The third-order valence-electron chi connectivity index (χ3n) is 4.75. The summed E-state index contributed by atoms with van der Waals surface area (Å²) in [7, 11) is 0. The first-order valence-corrected chi connectivity index (χ1v) is 9.07. The number of rotatable bonds is 2. The van der Waals surface area contributed by atoms with Gasteiger partial charge in [0.25, 0.3) is 0 Å². The Balaban J connectivity index is 1.67. The van der Waals surface area contributed by atoms with Crippen LogP contribution in [0.2, 0.25) is 0 Å². The summed E-state index contributed by atoms with van der Waals surface area (Å²) in [5, 5.41) is 4.04. The zero-order valence-electron chi connectivity index (χ0n) is 14.5. The van der Waals surface area contributed by atoms with E-state index in [-0.39, 0.29) is 11.9 Å². The zero-order valence-corrected chi connectivity index (χ0v) is 15.3. The molecule has 26 heavy (non-hydrogen) atoms. The van der Waals surface area contributed by atoms with Gasteiger partial charge >= 0.3 is 0 Å². The Kier molecular flexibility index (Phi) is 4.47. The van der Waals surface area contributed by atoms with Gasteiger partial charge in [-0.25, -0.2) is 4.39 Å². The fraction of sp³-hybridized carbons (Fsp3) is 0.190. The van der Waals surface area contributed by atoms with Gasteiger partial charge in [-0.15, -0.1) is 0 Å². The molecule has 132 valence electrons. The van der Waals surface area contributed by atoms with Crippen LogP contribution < -0.4 is 5.32 Å². The third-order valence-corrected chi connectivity index (χ3v) is 5.09. The molecule has 0 spiro atoms. The normalized spacial score (nSPS) is 16.2. The van der Waals surface area contributed by atoms with Crippen molar-refractivity contribution in [2.45, 2.75) is 19.5 Å². The quantitative estimate of drug-likeness (QED) is 0.663. The summed E-state index contributed by atoms with van der Waals surface area (Å²) in [6.45, 7) is 3.72. The lowest BCUT2D eigenvalue weighted by Crippen LogP contribution is -2.44. The molecule has 0 radical (unpaired) electrons. The second-order valence-corrected chi connectivity index (χ2v) is 6.96. The van der Waals surface area contributed by atoms with Crippen molar-refractivity contribution in [3.63, 3.8) is 0 Å². The molecule has 1 atom stereocenters. The molecule has 1 aliphatic heterocycles. The fourth-order valence-electron chi connectivity index (χ4n) is 3.52. The molecule has 0 fully saturated rings. The van der Waals surface area contributed by atoms with Gasteiger partial charge in [-0.3, -0.25) is 0 Å². The zero-order chi connectivity index (χ0) is 18.1. The monoisotopic (exact) mass is 365 g/mol. The van der Waals surface area contributed by atoms with E-state index < -0.39 is 0 Å². The van der Waals surface area contributed by atoms with Gasteiger partial charge in [-0.2, -0.15) is 0 Å². The Labute approximate surface area is 158 Å². The number of nitrogens with zero attached hydrogens (tertiary/aromatic N) is 2. The number of halogens is 1. The molecular formula is C21H20FN3S. The van der Waals surface area contributed by atoms with Crippen molar-refractivity contribution in [1.82, 2.24) is 9.47 Å². The van der Waals surface area contributed by atoms with Gasteiger partial charge in [-0.1, -0.05) is 24.3 Å². The number of hydrogen-bond acceptors (Lipinski definition) is 1. The van der Waals surface area contributed by atoms with Crippen molar-refractivity contribution in [3.05, 3.63) is 89.5 Å². The molecule has 2 aromatic carbocycles. The van der Waals surface area contributed by atoms with Crippen molar-refractivity contribution in [3.8, 4) is 0 Å². The summed E-state index contributed by atoms with van der Waals surface area (Å²) in [6, 6.07) is 19.0. The average Bonchev–Trinajstić information content (AvgIpc) is 3.10. The molecule has 1 aliphatic rings. The molecule has 0 saturated carbocycles. The average molecular weight is 365 g/mol. The van der Waals surface area contributed by atoms with Crippen molar-refractivity contribution >= 4 is 23.0 Å². The summed E-state index contributed by atoms with van der Waals surface area (Å²) in [6.07, 6.45) is 2.08. The van der Waals surface area contributed by atoms with Crippen LogP contribution in [0.5, 0.6) is 0 Å². The molecule has 0 unspecified atom stereocenters. The minimum atomic E-state index is -0.230. The smallest absolute Gasteiger partial charge is 0.174 e. The molecule has 1 aromatic heterocycles. The molecule has 3 aromatic rings. The summed E-state index contributed by atoms with van der Waals surface area (Å²) >= 11 is 5.74. The van der Waals surface area contributed by atoms with Crippen LogP contribution in [-0.2, 0) is 6.54 Å². The molecule has 0 saturated heterocycles. The van der Waals surface area contributed by atoms with Crippen molar-refractivity contribution in [2.24, 2.45) is 0 Å². The van der Waals surface area contributed by atoms with E-state index in [0.717, 1.165) is 30.0 Å². The van der Waals surface area contributed by atoms with Gasteiger partial charge < -0.3 is 14.8 Å². The number of benzene rings is 2. The SMILES string of the molecule is Cc1cccc(NC(=S)N2CCn3cccc3[C@H]2c2ccc(F)cc2)c1. The minimum absolute atomic E-state index is 0.0378. The Hall–Kier alpha value is -2.66. The number of nitrogens with one attached hydrogen (secondary N) is 1. The lowest BCUT2D eigenvalue weighted by atomic mass is 10.0. The number of anilines is 1. The predicted octanol–water partition coefficient (Wildman–Crippen LogP) is 4.74. The van der Waals surface area contributed by atoms with Crippen molar-refractivity contribution in [2.75, 3.05) is 11.9 Å². The van der Waals surface area contributed by atoms with Crippen molar-refractivity contribution in [1.29, 1.82) is 0 Å². The van der Waals surface area contributed by atoms with Crippen LogP contribution in [0.3, 0.4) is 0 Å². The summed E-state index contributed by atoms with van der Waals surface area (Å²) in [5.41, 5.74) is 4.35. The Morgan fingerprint density at radius 1 is 1.08 bits per heavy atom. The molecule has 0 bridgehead atoms. The van der Waals surface area contributed by atoms with Gasteiger partial charge in [0.1, 0.15) is 5.82 Å². The summed E-state index contributed by atoms with van der Waals surface area (Å²) in [4.78, 5) is 2.18. The third kappa shape index (κ3) is 3.22. The maximum atomic E-state index is 13.4. The number of fused-ring (bicyclic) bond motifs is 1. The Morgan fingerprint density at radius 2 is 1.88 bits per heavy atom. The van der Waals surface area contributed by atoms with Gasteiger partial charge in [-0.05, 0) is 66.7 Å². The number of thiocarbonyl (C=S) groups is 1. The van der Waals surface area contributed by atoms with Crippen molar-refractivity contribution < 1.29 is 4.39 Å². The highest BCUT2D eigenvalue weighted by atomic mass is 32.1. The second-order valence-electron chi connectivity index (χ2n) is 6.57. The summed E-state index contributed by atoms with van der Waals surface area (Å²) in [5.74, 6) is -0.230. The van der Waals surface area contributed by atoms with E-state index in [1.807, 2.05) is 30.3 Å².